The van der Waals surface area contributed by atoms with E-state index in [0.29, 0.717) is 0 Å². The lowest BCUT2D eigenvalue weighted by atomic mass is 9.89. The summed E-state index contributed by atoms with van der Waals surface area (Å²) in [5.41, 5.74) is 3.38. The number of esters is 2. The third-order valence-corrected chi connectivity index (χ3v) is 4.84. The molecular formula is C22H19NO4. The van der Waals surface area contributed by atoms with E-state index in [0.717, 1.165) is 38.5 Å². The molecule has 1 aliphatic carbocycles. The van der Waals surface area contributed by atoms with E-state index >= 15 is 0 Å². The predicted octanol–water partition coefficient (Wildman–Crippen LogP) is 4.26. The number of pyridine rings is 1. The summed E-state index contributed by atoms with van der Waals surface area (Å²) in [5.74, 6) is -0.862. The lowest BCUT2D eigenvalue weighted by Gasteiger charge is -2.30. The average molecular weight is 361 g/mol. The van der Waals surface area contributed by atoms with Crippen molar-refractivity contribution in [3.63, 3.8) is 0 Å². The van der Waals surface area contributed by atoms with Crippen molar-refractivity contribution in [2.75, 3.05) is 0 Å². The third kappa shape index (κ3) is 2.95. The van der Waals surface area contributed by atoms with E-state index in [1.54, 1.807) is 6.08 Å². The summed E-state index contributed by atoms with van der Waals surface area (Å²) >= 11 is 0. The molecule has 0 saturated carbocycles. The van der Waals surface area contributed by atoms with Crippen LogP contribution in [0, 0.1) is 6.92 Å². The van der Waals surface area contributed by atoms with Gasteiger partial charge in [0.05, 0.1) is 11.2 Å². The Morgan fingerprint density at radius 3 is 2.44 bits per heavy atom. The van der Waals surface area contributed by atoms with E-state index in [1.807, 2.05) is 37.3 Å². The molecule has 0 radical (unpaired) electrons. The molecule has 2 atom stereocenters. The summed E-state index contributed by atoms with van der Waals surface area (Å²) in [5, 5.41) is 3.17. The number of nitrogens with zero attached hydrogens (tertiary/aromatic N) is 1. The molecule has 0 N–H and O–H groups in total. The van der Waals surface area contributed by atoms with Crippen molar-refractivity contribution < 1.29 is 19.1 Å². The molecule has 1 aromatic heterocycles. The van der Waals surface area contributed by atoms with Crippen molar-refractivity contribution in [1.29, 1.82) is 0 Å². The quantitative estimate of drug-likeness (QED) is 0.504. The van der Waals surface area contributed by atoms with Crippen LogP contribution in [0.2, 0.25) is 0 Å². The van der Waals surface area contributed by atoms with Gasteiger partial charge in [-0.15, -0.1) is 0 Å². The fourth-order valence-electron chi connectivity index (χ4n) is 3.73. The van der Waals surface area contributed by atoms with Gasteiger partial charge < -0.3 is 9.47 Å². The number of carbonyl (C=O) groups excluding carboxylic acids is 2. The molecule has 1 heterocycles. The van der Waals surface area contributed by atoms with Crippen molar-refractivity contribution in [3.8, 4) is 0 Å². The summed E-state index contributed by atoms with van der Waals surface area (Å²) in [7, 11) is 0. The van der Waals surface area contributed by atoms with Gasteiger partial charge in [-0.25, -0.2) is 4.98 Å². The second kappa shape index (κ2) is 6.50. The minimum Gasteiger partial charge on any atom is -0.454 e. The Morgan fingerprint density at radius 2 is 1.70 bits per heavy atom. The highest BCUT2D eigenvalue weighted by Crippen LogP contribution is 2.38. The first-order valence-electron chi connectivity index (χ1n) is 8.80. The van der Waals surface area contributed by atoms with E-state index in [4.69, 9.17) is 14.5 Å². The zero-order valence-electron chi connectivity index (χ0n) is 15.4. The first-order chi connectivity index (χ1) is 13.0. The topological polar surface area (TPSA) is 65.5 Å². The molecule has 0 unspecified atom stereocenters. The normalized spacial score (nSPS) is 18.3. The van der Waals surface area contributed by atoms with E-state index in [1.165, 1.54) is 13.8 Å². The zero-order chi connectivity index (χ0) is 19.1. The van der Waals surface area contributed by atoms with Crippen LogP contribution in [-0.2, 0) is 19.1 Å². The van der Waals surface area contributed by atoms with Crippen LogP contribution in [0.15, 0.2) is 42.5 Å². The number of hydrogen-bond acceptors (Lipinski definition) is 5. The predicted molar refractivity (Wildman–Crippen MR) is 103 cm³/mol. The van der Waals surface area contributed by atoms with Gasteiger partial charge in [0.1, 0.15) is 0 Å². The SMILES string of the molecule is CC(=O)O[C@@H]1c2c(nc3c(ccc4ccccc43)c2C)C=C[C@H]1OC(C)=O. The van der Waals surface area contributed by atoms with E-state index < -0.39 is 24.1 Å². The van der Waals surface area contributed by atoms with Crippen LogP contribution in [-0.4, -0.2) is 23.0 Å². The number of hydrogen-bond donors (Lipinski definition) is 0. The number of ether oxygens (including phenoxy) is 2. The Hall–Kier alpha value is -3.21. The van der Waals surface area contributed by atoms with Gasteiger partial charge in [-0.1, -0.05) is 36.4 Å². The third-order valence-electron chi connectivity index (χ3n) is 4.84. The van der Waals surface area contributed by atoms with Crippen molar-refractivity contribution in [3.05, 3.63) is 59.3 Å². The molecule has 0 aliphatic heterocycles. The van der Waals surface area contributed by atoms with Crippen LogP contribution < -0.4 is 0 Å². The molecule has 0 amide bonds. The molecule has 0 spiro atoms. The van der Waals surface area contributed by atoms with Crippen LogP contribution >= 0.6 is 0 Å². The highest BCUT2D eigenvalue weighted by Gasteiger charge is 2.34. The molecule has 2 aromatic carbocycles. The molecule has 0 bridgehead atoms. The van der Waals surface area contributed by atoms with Gasteiger partial charge >= 0.3 is 11.9 Å². The number of aromatic nitrogens is 1. The maximum absolute atomic E-state index is 11.7. The van der Waals surface area contributed by atoms with Crippen LogP contribution in [0.5, 0.6) is 0 Å². The first kappa shape index (κ1) is 17.2. The van der Waals surface area contributed by atoms with E-state index in [-0.39, 0.29) is 0 Å². The molecule has 0 fully saturated rings. The number of rotatable bonds is 2. The maximum atomic E-state index is 11.7. The zero-order valence-corrected chi connectivity index (χ0v) is 15.4. The van der Waals surface area contributed by atoms with Gasteiger partial charge in [-0.2, -0.15) is 0 Å². The fraction of sp³-hybridized carbons (Fsp3) is 0.227. The molecule has 27 heavy (non-hydrogen) atoms. The van der Waals surface area contributed by atoms with Gasteiger partial charge in [0.15, 0.2) is 12.2 Å². The van der Waals surface area contributed by atoms with Gasteiger partial charge in [-0.05, 0) is 30.0 Å². The van der Waals surface area contributed by atoms with Crippen LogP contribution in [0.4, 0.5) is 0 Å². The van der Waals surface area contributed by atoms with Crippen LogP contribution in [0.1, 0.15) is 36.8 Å². The van der Waals surface area contributed by atoms with Gasteiger partial charge in [0.2, 0.25) is 0 Å². The molecule has 1 aliphatic rings. The van der Waals surface area contributed by atoms with Gasteiger partial charge in [-0.3, -0.25) is 9.59 Å². The molecule has 5 nitrogen and oxygen atoms in total. The highest BCUT2D eigenvalue weighted by molar-refractivity contribution is 6.06. The molecule has 3 aromatic rings. The molecular weight excluding hydrogens is 342 g/mol. The maximum Gasteiger partial charge on any atom is 0.303 e. The summed E-state index contributed by atoms with van der Waals surface area (Å²) in [6.07, 6.45) is 2.17. The highest BCUT2D eigenvalue weighted by atomic mass is 16.6. The number of aryl methyl sites for hydroxylation is 1. The van der Waals surface area contributed by atoms with Crippen molar-refractivity contribution in [1.82, 2.24) is 4.98 Å². The minimum absolute atomic E-state index is 0.428. The van der Waals surface area contributed by atoms with Crippen LogP contribution in [0.3, 0.4) is 0 Å². The van der Waals surface area contributed by atoms with Crippen molar-refractivity contribution in [2.24, 2.45) is 0 Å². The lowest BCUT2D eigenvalue weighted by Crippen LogP contribution is -2.30. The Balaban J connectivity index is 1.97. The summed E-state index contributed by atoms with van der Waals surface area (Å²) in [6, 6.07) is 12.2. The second-order valence-electron chi connectivity index (χ2n) is 6.68. The van der Waals surface area contributed by atoms with E-state index in [2.05, 4.69) is 12.1 Å². The average Bonchev–Trinajstić information content (AvgIpc) is 2.63. The second-order valence-corrected chi connectivity index (χ2v) is 6.68. The molecule has 136 valence electrons. The van der Waals surface area contributed by atoms with E-state index in [9.17, 15) is 9.59 Å². The Bertz CT molecular complexity index is 1120. The number of carbonyl (C=O) groups is 2. The van der Waals surface area contributed by atoms with Crippen molar-refractivity contribution in [2.45, 2.75) is 33.0 Å². The molecule has 0 saturated heterocycles. The minimum atomic E-state index is -0.713. The first-order valence-corrected chi connectivity index (χ1v) is 8.80. The van der Waals surface area contributed by atoms with Gasteiger partial charge in [0, 0.05) is 30.2 Å². The summed E-state index contributed by atoms with van der Waals surface area (Å²) in [4.78, 5) is 28.0. The Morgan fingerprint density at radius 1 is 0.963 bits per heavy atom. The summed E-state index contributed by atoms with van der Waals surface area (Å²) < 4.78 is 10.9. The molecule has 5 heteroatoms. The summed E-state index contributed by atoms with van der Waals surface area (Å²) in [6.45, 7) is 4.67. The Kier molecular flexibility index (Phi) is 4.15. The lowest BCUT2D eigenvalue weighted by molar-refractivity contribution is -0.162. The fourth-order valence-corrected chi connectivity index (χ4v) is 3.73. The van der Waals surface area contributed by atoms with Crippen LogP contribution in [0.25, 0.3) is 27.8 Å². The Labute approximate surface area is 156 Å². The standard InChI is InChI=1S/C22H19NO4/c1-12-16-9-8-15-6-4-5-7-17(15)21(16)23-18-10-11-19(26-13(2)24)22(20(12)18)27-14(3)25/h4-11,19,22H,1-3H3/t19-,22+/m1/s1. The molecule has 4 rings (SSSR count). The van der Waals surface area contributed by atoms with Crippen molar-refractivity contribution >= 4 is 39.7 Å². The number of benzene rings is 2. The monoisotopic (exact) mass is 361 g/mol. The largest absolute Gasteiger partial charge is 0.454 e. The van der Waals surface area contributed by atoms with Gasteiger partial charge in [0.25, 0.3) is 0 Å². The smallest absolute Gasteiger partial charge is 0.303 e. The number of fused-ring (bicyclic) bond motifs is 4.